The van der Waals surface area contributed by atoms with E-state index in [1.165, 1.54) is 0 Å². The van der Waals surface area contributed by atoms with Crippen LogP contribution in [-0.2, 0) is 0 Å². The zero-order valence-corrected chi connectivity index (χ0v) is 20.0. The predicted octanol–water partition coefficient (Wildman–Crippen LogP) is 7.97. The van der Waals surface area contributed by atoms with Crippen LogP contribution in [0.2, 0.25) is 0 Å². The maximum absolute atomic E-state index is 5.01. The molecule has 0 atom stereocenters. The lowest BCUT2D eigenvalue weighted by Crippen LogP contribution is -1.94. The molecule has 0 aliphatic carbocycles. The topological polar surface area (TPSA) is 43.6 Å². The van der Waals surface area contributed by atoms with Crippen LogP contribution in [0.25, 0.3) is 61.1 Å². The molecule has 7 rings (SSSR count). The van der Waals surface area contributed by atoms with Gasteiger partial charge in [0.25, 0.3) is 0 Å². The summed E-state index contributed by atoms with van der Waals surface area (Å²) in [7, 11) is 0. The van der Waals surface area contributed by atoms with Gasteiger partial charge in [-0.05, 0) is 47.5 Å². The molecule has 0 spiro atoms. The summed E-state index contributed by atoms with van der Waals surface area (Å²) in [5.74, 6) is 0. The normalized spacial score (nSPS) is 11.2. The summed E-state index contributed by atoms with van der Waals surface area (Å²) in [5, 5.41) is 2.20. The molecule has 0 fully saturated rings. The minimum absolute atomic E-state index is 0.962. The maximum atomic E-state index is 5.01. The highest BCUT2D eigenvalue weighted by Crippen LogP contribution is 2.33. The van der Waals surface area contributed by atoms with Gasteiger partial charge in [0.2, 0.25) is 0 Å². The summed E-state index contributed by atoms with van der Waals surface area (Å²) in [5.41, 5.74) is 9.74. The zero-order chi connectivity index (χ0) is 24.6. The first-order valence-electron chi connectivity index (χ1n) is 12.3. The average Bonchev–Trinajstić information content (AvgIpc) is 3.32. The summed E-state index contributed by atoms with van der Waals surface area (Å²) < 4.78 is 2.27. The van der Waals surface area contributed by atoms with Crippen molar-refractivity contribution >= 4 is 21.8 Å². The molecule has 4 nitrogen and oxygen atoms in total. The van der Waals surface area contributed by atoms with Crippen molar-refractivity contribution < 1.29 is 0 Å². The molecule has 0 bridgehead atoms. The largest absolute Gasteiger partial charge is 0.309 e. The minimum atomic E-state index is 0.962. The van der Waals surface area contributed by atoms with E-state index < -0.39 is 0 Å². The third-order valence-corrected chi connectivity index (χ3v) is 6.79. The number of rotatable bonds is 4. The molecule has 0 aliphatic rings. The summed E-state index contributed by atoms with van der Waals surface area (Å²) in [6, 6.07) is 37.9. The number of fused-ring (bicyclic) bond motifs is 3. The molecule has 3 aromatic carbocycles. The Hall–Kier alpha value is -5.09. The van der Waals surface area contributed by atoms with Crippen LogP contribution in [0.1, 0.15) is 0 Å². The summed E-state index contributed by atoms with van der Waals surface area (Å²) >= 11 is 0. The Morgan fingerprint density at radius 2 is 0.973 bits per heavy atom. The van der Waals surface area contributed by atoms with E-state index in [2.05, 4.69) is 112 Å². The van der Waals surface area contributed by atoms with Gasteiger partial charge in [-0.15, -0.1) is 0 Å². The van der Waals surface area contributed by atoms with Gasteiger partial charge in [0.1, 0.15) is 0 Å². The van der Waals surface area contributed by atoms with Crippen molar-refractivity contribution in [2.24, 2.45) is 0 Å². The molecule has 0 aliphatic heterocycles. The molecule has 37 heavy (non-hydrogen) atoms. The van der Waals surface area contributed by atoms with E-state index in [1.54, 1.807) is 0 Å². The van der Waals surface area contributed by atoms with Crippen molar-refractivity contribution in [2.75, 3.05) is 0 Å². The van der Waals surface area contributed by atoms with Crippen LogP contribution in [0.15, 0.2) is 134 Å². The lowest BCUT2D eigenvalue weighted by Gasteiger charge is -2.12. The molecule has 0 unspecified atom stereocenters. The Balaban J connectivity index is 1.37. The van der Waals surface area contributed by atoms with Crippen LogP contribution in [-0.4, -0.2) is 19.5 Å². The van der Waals surface area contributed by atoms with Crippen LogP contribution in [0.3, 0.4) is 0 Å². The van der Waals surface area contributed by atoms with Crippen LogP contribution < -0.4 is 0 Å². The molecule has 4 heterocycles. The maximum Gasteiger partial charge on any atom is 0.0715 e. The predicted molar refractivity (Wildman–Crippen MR) is 150 cm³/mol. The molecule has 0 saturated heterocycles. The highest BCUT2D eigenvalue weighted by Gasteiger charge is 2.13. The lowest BCUT2D eigenvalue weighted by molar-refractivity contribution is 1.17. The number of hydrogen-bond acceptors (Lipinski definition) is 3. The molecule has 4 heteroatoms. The van der Waals surface area contributed by atoms with E-state index in [0.717, 1.165) is 61.1 Å². The Morgan fingerprint density at radius 3 is 1.49 bits per heavy atom. The molecular formula is C33H22N4. The molecule has 0 N–H and O–H groups in total. The zero-order valence-electron chi connectivity index (χ0n) is 20.0. The van der Waals surface area contributed by atoms with Crippen LogP contribution in [0.5, 0.6) is 0 Å². The van der Waals surface area contributed by atoms with Crippen molar-refractivity contribution in [2.45, 2.75) is 0 Å². The molecular weight excluding hydrogens is 452 g/mol. The van der Waals surface area contributed by atoms with Crippen LogP contribution in [0.4, 0.5) is 0 Å². The number of benzene rings is 3. The number of hydrogen-bond donors (Lipinski definition) is 0. The standard InChI is InChI=1S/C33H22N4/c1-3-7-24(8-4-1)30-19-26(20-31(36-30)25-9-5-2-6-10-25)23-11-13-27(14-12-23)37-32-15-17-34-21-28(32)29-22-35-18-16-33(29)37/h1-22H. The SMILES string of the molecule is c1ccc(-c2cc(-c3ccc(-n4c5ccncc5c5cnccc54)cc3)cc(-c3ccccc3)n2)cc1. The minimum Gasteiger partial charge on any atom is -0.309 e. The van der Waals surface area contributed by atoms with Gasteiger partial charge < -0.3 is 4.57 Å². The third-order valence-electron chi connectivity index (χ3n) is 6.79. The molecule has 0 amide bonds. The Labute approximate surface area is 214 Å². The number of pyridine rings is 3. The van der Waals surface area contributed by atoms with Gasteiger partial charge in [-0.1, -0.05) is 72.8 Å². The lowest BCUT2D eigenvalue weighted by atomic mass is 10.00. The quantitative estimate of drug-likeness (QED) is 0.260. The smallest absolute Gasteiger partial charge is 0.0715 e. The highest BCUT2D eigenvalue weighted by molar-refractivity contribution is 6.08. The van der Waals surface area contributed by atoms with E-state index in [1.807, 2.05) is 36.9 Å². The monoisotopic (exact) mass is 474 g/mol. The van der Waals surface area contributed by atoms with Crippen molar-refractivity contribution in [3.05, 3.63) is 134 Å². The van der Waals surface area contributed by atoms with Crippen LogP contribution >= 0.6 is 0 Å². The summed E-state index contributed by atoms with van der Waals surface area (Å²) in [6.07, 6.45) is 7.51. The van der Waals surface area contributed by atoms with Crippen molar-refractivity contribution in [1.29, 1.82) is 0 Å². The Bertz CT molecular complexity index is 1740. The second-order valence-electron chi connectivity index (χ2n) is 9.03. The number of aromatic nitrogens is 4. The van der Waals surface area contributed by atoms with Gasteiger partial charge in [-0.2, -0.15) is 0 Å². The first-order valence-corrected chi connectivity index (χ1v) is 12.3. The number of nitrogens with zero attached hydrogens (tertiary/aromatic N) is 4. The fraction of sp³-hybridized carbons (Fsp3) is 0. The fourth-order valence-electron chi connectivity index (χ4n) is 5.00. The molecule has 0 radical (unpaired) electrons. The second-order valence-corrected chi connectivity index (χ2v) is 9.03. The van der Waals surface area contributed by atoms with Gasteiger partial charge in [-0.3, -0.25) is 9.97 Å². The van der Waals surface area contributed by atoms with Gasteiger partial charge in [0.15, 0.2) is 0 Å². The molecule has 7 aromatic rings. The fourth-order valence-corrected chi connectivity index (χ4v) is 5.00. The van der Waals surface area contributed by atoms with Crippen molar-refractivity contribution in [3.8, 4) is 39.3 Å². The van der Waals surface area contributed by atoms with Gasteiger partial charge in [-0.25, -0.2) is 4.98 Å². The van der Waals surface area contributed by atoms with E-state index >= 15 is 0 Å². The molecule has 174 valence electrons. The van der Waals surface area contributed by atoms with Crippen LogP contribution in [0, 0.1) is 0 Å². The van der Waals surface area contributed by atoms with E-state index in [4.69, 9.17) is 4.98 Å². The van der Waals surface area contributed by atoms with Gasteiger partial charge in [0.05, 0.1) is 22.4 Å². The van der Waals surface area contributed by atoms with Crippen molar-refractivity contribution in [3.63, 3.8) is 0 Å². The molecule has 4 aromatic heterocycles. The average molecular weight is 475 g/mol. The van der Waals surface area contributed by atoms with Gasteiger partial charge >= 0.3 is 0 Å². The highest BCUT2D eigenvalue weighted by atomic mass is 15.0. The first-order chi connectivity index (χ1) is 18.3. The molecule has 0 saturated carbocycles. The second kappa shape index (κ2) is 8.85. The summed E-state index contributed by atoms with van der Waals surface area (Å²) in [6.45, 7) is 0. The Kier molecular flexibility index (Phi) is 5.07. The van der Waals surface area contributed by atoms with Gasteiger partial charge in [0, 0.05) is 52.4 Å². The summed E-state index contributed by atoms with van der Waals surface area (Å²) in [4.78, 5) is 13.7. The van der Waals surface area contributed by atoms with Crippen molar-refractivity contribution in [1.82, 2.24) is 19.5 Å². The Morgan fingerprint density at radius 1 is 0.459 bits per heavy atom. The third kappa shape index (κ3) is 3.76. The van der Waals surface area contributed by atoms with E-state index in [0.29, 0.717) is 0 Å². The first kappa shape index (κ1) is 21.2. The van der Waals surface area contributed by atoms with E-state index in [9.17, 15) is 0 Å². The van der Waals surface area contributed by atoms with E-state index in [-0.39, 0.29) is 0 Å².